The molecule has 1 aromatic carbocycles. The van der Waals surface area contributed by atoms with E-state index in [0.717, 1.165) is 24.1 Å². The molecule has 2 atom stereocenters. The number of ether oxygens (including phenoxy) is 1. The number of nitrogens with one attached hydrogen (secondary N) is 1. The zero-order chi connectivity index (χ0) is 17.1. The quantitative estimate of drug-likeness (QED) is 0.865. The van der Waals surface area contributed by atoms with Gasteiger partial charge in [-0.25, -0.2) is 0 Å². The molecule has 0 heterocycles. The third kappa shape index (κ3) is 4.17. The van der Waals surface area contributed by atoms with Gasteiger partial charge in [-0.05, 0) is 69.1 Å². The van der Waals surface area contributed by atoms with E-state index >= 15 is 0 Å². The molecule has 2 unspecified atom stereocenters. The van der Waals surface area contributed by atoms with E-state index in [1.807, 2.05) is 38.1 Å². The molecule has 3 rings (SSSR count). The number of carbonyl (C=O) groups is 1. The monoisotopic (exact) mass is 330 g/mol. The molecule has 2 aliphatic rings. The summed E-state index contributed by atoms with van der Waals surface area (Å²) in [7, 11) is 0. The highest BCUT2D eigenvalue weighted by atomic mass is 16.5. The van der Waals surface area contributed by atoms with Crippen LogP contribution >= 0.6 is 0 Å². The van der Waals surface area contributed by atoms with Gasteiger partial charge in [-0.15, -0.1) is 0 Å². The van der Waals surface area contributed by atoms with E-state index in [1.165, 1.54) is 19.3 Å². The second-order valence-corrected chi connectivity index (χ2v) is 7.75. The van der Waals surface area contributed by atoms with Gasteiger partial charge in [0.25, 0.3) is 0 Å². The molecule has 132 valence electrons. The van der Waals surface area contributed by atoms with Crippen molar-refractivity contribution in [2.24, 2.45) is 23.5 Å². The Hall–Kier alpha value is -1.39. The number of rotatable bonds is 5. The summed E-state index contributed by atoms with van der Waals surface area (Å²) in [6.07, 6.45) is 5.73. The SMILES string of the molecule is CC(C)OCc1cccc(NC(=O)C2CC3CCCC(C2)C3N)c1. The zero-order valence-corrected chi connectivity index (χ0v) is 14.8. The summed E-state index contributed by atoms with van der Waals surface area (Å²) in [6.45, 7) is 4.62. The van der Waals surface area contributed by atoms with Crippen LogP contribution in [0.5, 0.6) is 0 Å². The molecule has 1 amide bonds. The maximum atomic E-state index is 12.7. The zero-order valence-electron chi connectivity index (χ0n) is 14.8. The van der Waals surface area contributed by atoms with Crippen molar-refractivity contribution in [3.63, 3.8) is 0 Å². The molecule has 2 aliphatic carbocycles. The van der Waals surface area contributed by atoms with E-state index in [1.54, 1.807) is 0 Å². The minimum atomic E-state index is 0.107. The summed E-state index contributed by atoms with van der Waals surface area (Å²) < 4.78 is 5.64. The fourth-order valence-corrected chi connectivity index (χ4v) is 4.25. The van der Waals surface area contributed by atoms with Gasteiger partial charge in [0.2, 0.25) is 5.91 Å². The maximum Gasteiger partial charge on any atom is 0.227 e. The molecule has 0 saturated heterocycles. The van der Waals surface area contributed by atoms with Crippen LogP contribution < -0.4 is 11.1 Å². The molecular weight excluding hydrogens is 300 g/mol. The molecule has 4 nitrogen and oxygen atoms in total. The molecule has 0 aliphatic heterocycles. The minimum Gasteiger partial charge on any atom is -0.374 e. The molecule has 0 spiro atoms. The maximum absolute atomic E-state index is 12.7. The Morgan fingerprint density at radius 1 is 1.29 bits per heavy atom. The normalized spacial score (nSPS) is 29.5. The lowest BCUT2D eigenvalue weighted by Gasteiger charge is -2.43. The third-order valence-corrected chi connectivity index (χ3v) is 5.56. The minimum absolute atomic E-state index is 0.107. The van der Waals surface area contributed by atoms with E-state index in [9.17, 15) is 4.79 Å². The predicted molar refractivity (Wildman–Crippen MR) is 96.5 cm³/mol. The summed E-state index contributed by atoms with van der Waals surface area (Å²) in [5.74, 6) is 1.31. The second-order valence-electron chi connectivity index (χ2n) is 7.75. The Morgan fingerprint density at radius 3 is 2.67 bits per heavy atom. The van der Waals surface area contributed by atoms with Crippen LogP contribution in [0.3, 0.4) is 0 Å². The largest absolute Gasteiger partial charge is 0.374 e. The number of nitrogens with two attached hydrogens (primary N) is 1. The van der Waals surface area contributed by atoms with Gasteiger partial charge in [0.1, 0.15) is 0 Å². The lowest BCUT2D eigenvalue weighted by atomic mass is 9.65. The first-order valence-electron chi connectivity index (χ1n) is 9.30. The first-order chi connectivity index (χ1) is 11.5. The van der Waals surface area contributed by atoms with Crippen molar-refractivity contribution in [1.29, 1.82) is 0 Å². The Balaban J connectivity index is 1.59. The lowest BCUT2D eigenvalue weighted by molar-refractivity contribution is -0.122. The van der Waals surface area contributed by atoms with Crippen molar-refractivity contribution in [3.8, 4) is 0 Å². The van der Waals surface area contributed by atoms with Crippen LogP contribution in [0.1, 0.15) is 51.5 Å². The van der Waals surface area contributed by atoms with Crippen LogP contribution in [0.25, 0.3) is 0 Å². The molecule has 2 fully saturated rings. The molecule has 0 radical (unpaired) electrons. The van der Waals surface area contributed by atoms with Crippen molar-refractivity contribution >= 4 is 11.6 Å². The fourth-order valence-electron chi connectivity index (χ4n) is 4.25. The van der Waals surface area contributed by atoms with Crippen molar-refractivity contribution in [2.75, 3.05) is 5.32 Å². The molecule has 2 saturated carbocycles. The van der Waals surface area contributed by atoms with E-state index < -0.39 is 0 Å². The van der Waals surface area contributed by atoms with Crippen LogP contribution in [0.4, 0.5) is 5.69 Å². The topological polar surface area (TPSA) is 64.3 Å². The van der Waals surface area contributed by atoms with Gasteiger partial charge in [-0.1, -0.05) is 18.6 Å². The van der Waals surface area contributed by atoms with Gasteiger partial charge in [-0.3, -0.25) is 4.79 Å². The van der Waals surface area contributed by atoms with Gasteiger partial charge >= 0.3 is 0 Å². The summed E-state index contributed by atoms with van der Waals surface area (Å²) in [4.78, 5) is 12.7. The van der Waals surface area contributed by atoms with Crippen molar-refractivity contribution < 1.29 is 9.53 Å². The van der Waals surface area contributed by atoms with Gasteiger partial charge < -0.3 is 15.8 Å². The molecule has 1 aromatic rings. The van der Waals surface area contributed by atoms with Gasteiger partial charge in [0, 0.05) is 17.6 Å². The summed E-state index contributed by atoms with van der Waals surface area (Å²) >= 11 is 0. The summed E-state index contributed by atoms with van der Waals surface area (Å²) in [5, 5.41) is 3.11. The summed E-state index contributed by atoms with van der Waals surface area (Å²) in [6, 6.07) is 8.27. The highest BCUT2D eigenvalue weighted by Crippen LogP contribution is 2.42. The van der Waals surface area contributed by atoms with Crippen LogP contribution in [0.15, 0.2) is 24.3 Å². The van der Waals surface area contributed by atoms with Crippen molar-refractivity contribution in [1.82, 2.24) is 0 Å². The van der Waals surface area contributed by atoms with E-state index in [-0.39, 0.29) is 17.9 Å². The number of anilines is 1. The van der Waals surface area contributed by atoms with Crippen molar-refractivity contribution in [3.05, 3.63) is 29.8 Å². The number of carbonyl (C=O) groups excluding carboxylic acids is 1. The molecule has 0 aromatic heterocycles. The third-order valence-electron chi connectivity index (χ3n) is 5.56. The first kappa shape index (κ1) is 17.4. The van der Waals surface area contributed by atoms with Crippen LogP contribution in [0.2, 0.25) is 0 Å². The highest BCUT2D eigenvalue weighted by molar-refractivity contribution is 5.92. The lowest BCUT2D eigenvalue weighted by Crippen LogP contribution is -2.48. The average molecular weight is 330 g/mol. The first-order valence-corrected chi connectivity index (χ1v) is 9.30. The average Bonchev–Trinajstić information content (AvgIpc) is 2.53. The Labute approximate surface area is 145 Å². The molecule has 24 heavy (non-hydrogen) atoms. The number of hydrogen-bond acceptors (Lipinski definition) is 3. The molecule has 4 heteroatoms. The smallest absolute Gasteiger partial charge is 0.227 e. The standard InChI is InChI=1S/C20H30N2O2/c1-13(2)24-12-14-5-3-8-18(9-14)22-20(23)17-10-15-6-4-7-16(11-17)19(15)21/h3,5,8-9,13,15-17,19H,4,6-7,10-12,21H2,1-2H3,(H,22,23). The highest BCUT2D eigenvalue weighted by Gasteiger charge is 2.40. The second kappa shape index (κ2) is 7.66. The fraction of sp³-hybridized carbons (Fsp3) is 0.650. The molecule has 3 N–H and O–H groups in total. The molecule has 2 bridgehead atoms. The Morgan fingerprint density at radius 2 is 2.00 bits per heavy atom. The number of benzene rings is 1. The van der Waals surface area contributed by atoms with E-state index in [4.69, 9.17) is 10.5 Å². The van der Waals surface area contributed by atoms with Crippen LogP contribution in [-0.2, 0) is 16.1 Å². The Bertz CT molecular complexity index is 559. The number of hydrogen-bond donors (Lipinski definition) is 2. The van der Waals surface area contributed by atoms with Crippen molar-refractivity contribution in [2.45, 2.75) is 64.7 Å². The van der Waals surface area contributed by atoms with E-state index in [0.29, 0.717) is 24.5 Å². The summed E-state index contributed by atoms with van der Waals surface area (Å²) in [5.41, 5.74) is 8.28. The van der Waals surface area contributed by atoms with Crippen LogP contribution in [0, 0.1) is 17.8 Å². The van der Waals surface area contributed by atoms with Crippen LogP contribution in [-0.4, -0.2) is 18.1 Å². The Kier molecular flexibility index (Phi) is 5.57. The number of fused-ring (bicyclic) bond motifs is 2. The van der Waals surface area contributed by atoms with Gasteiger partial charge in [0.05, 0.1) is 12.7 Å². The number of amides is 1. The molecular formula is C20H30N2O2. The van der Waals surface area contributed by atoms with Gasteiger partial charge in [-0.2, -0.15) is 0 Å². The van der Waals surface area contributed by atoms with E-state index in [2.05, 4.69) is 5.32 Å². The predicted octanol–water partition coefficient (Wildman–Crippen LogP) is 3.70. The van der Waals surface area contributed by atoms with Gasteiger partial charge in [0.15, 0.2) is 0 Å².